The van der Waals surface area contributed by atoms with Gasteiger partial charge in [-0.15, -0.1) is 0 Å². The van der Waals surface area contributed by atoms with Crippen molar-refractivity contribution in [2.24, 2.45) is 23.7 Å². The van der Waals surface area contributed by atoms with E-state index in [2.05, 4.69) is 4.74 Å². The summed E-state index contributed by atoms with van der Waals surface area (Å²) in [5.74, 6) is 0.291. The lowest BCUT2D eigenvalue weighted by Gasteiger charge is -2.17. The minimum absolute atomic E-state index is 0.0590. The fraction of sp³-hybridized carbons (Fsp3) is 0.778. The fourth-order valence-electron chi connectivity index (χ4n) is 3.20. The number of rotatable bonds is 0. The monoisotopic (exact) mass is 166 g/mol. The van der Waals surface area contributed by atoms with Crippen molar-refractivity contribution in [2.75, 3.05) is 0 Å². The Labute approximate surface area is 70.1 Å². The van der Waals surface area contributed by atoms with Crippen molar-refractivity contribution >= 4 is 11.9 Å². The molecule has 0 aromatic heterocycles. The molecule has 3 nitrogen and oxygen atoms in total. The number of carbonyl (C=O) groups is 2. The van der Waals surface area contributed by atoms with E-state index in [0.29, 0.717) is 11.8 Å². The lowest BCUT2D eigenvalue weighted by Crippen LogP contribution is -2.24. The molecule has 0 radical (unpaired) electrons. The number of carbonyl (C=O) groups excluding carboxylic acids is 2. The van der Waals surface area contributed by atoms with Crippen LogP contribution in [0.15, 0.2) is 0 Å². The van der Waals surface area contributed by atoms with Crippen molar-refractivity contribution < 1.29 is 14.3 Å². The van der Waals surface area contributed by atoms with Crippen LogP contribution in [-0.2, 0) is 14.3 Å². The van der Waals surface area contributed by atoms with Gasteiger partial charge < -0.3 is 4.74 Å². The summed E-state index contributed by atoms with van der Waals surface area (Å²) in [7, 11) is 0. The van der Waals surface area contributed by atoms with Crippen molar-refractivity contribution in [2.45, 2.75) is 19.3 Å². The maximum absolute atomic E-state index is 11.2. The Balaban J connectivity index is 2.03. The number of hydrogen-bond acceptors (Lipinski definition) is 3. The standard InChI is InChI=1S/C9H10O3/c10-8-6-4-1-2-5(3-4)7(6)9(11)12-8/h4-7H,1-3H2/t4-,5+,6?,7?. The van der Waals surface area contributed by atoms with Gasteiger partial charge in [0.1, 0.15) is 0 Å². The Morgan fingerprint density at radius 1 is 1.00 bits per heavy atom. The average Bonchev–Trinajstić information content (AvgIpc) is 2.64. The molecule has 12 heavy (non-hydrogen) atoms. The molecule has 3 heteroatoms. The Kier molecular flexibility index (Phi) is 1.05. The third-order valence-corrected chi connectivity index (χ3v) is 3.66. The molecule has 2 aliphatic carbocycles. The Morgan fingerprint density at radius 3 is 2.00 bits per heavy atom. The molecule has 1 aliphatic heterocycles. The lowest BCUT2D eigenvalue weighted by molar-refractivity contribution is -0.154. The van der Waals surface area contributed by atoms with Gasteiger partial charge in [-0.2, -0.15) is 0 Å². The second kappa shape index (κ2) is 1.90. The van der Waals surface area contributed by atoms with Gasteiger partial charge in [-0.05, 0) is 31.1 Å². The Bertz CT molecular complexity index is 245. The molecule has 3 rings (SSSR count). The molecule has 1 saturated heterocycles. The molecular weight excluding hydrogens is 156 g/mol. The molecular formula is C9H10O3. The van der Waals surface area contributed by atoms with Gasteiger partial charge in [-0.25, -0.2) is 0 Å². The van der Waals surface area contributed by atoms with E-state index in [0.717, 1.165) is 19.3 Å². The zero-order valence-corrected chi connectivity index (χ0v) is 6.66. The van der Waals surface area contributed by atoms with Gasteiger partial charge in [0.05, 0.1) is 11.8 Å². The summed E-state index contributed by atoms with van der Waals surface area (Å²) in [6, 6.07) is 0. The average molecular weight is 166 g/mol. The van der Waals surface area contributed by atoms with E-state index in [1.807, 2.05) is 0 Å². The third kappa shape index (κ3) is 0.586. The van der Waals surface area contributed by atoms with Crippen molar-refractivity contribution in [3.63, 3.8) is 0 Å². The highest BCUT2D eigenvalue weighted by molar-refractivity contribution is 5.97. The Morgan fingerprint density at radius 2 is 1.50 bits per heavy atom. The van der Waals surface area contributed by atoms with E-state index in [1.165, 1.54) is 0 Å². The molecule has 0 amide bonds. The predicted molar refractivity (Wildman–Crippen MR) is 38.9 cm³/mol. The second-order valence-electron chi connectivity index (χ2n) is 4.12. The molecule has 64 valence electrons. The number of fused-ring (bicyclic) bond motifs is 5. The van der Waals surface area contributed by atoms with Gasteiger partial charge in [-0.1, -0.05) is 0 Å². The largest absolute Gasteiger partial charge is 0.393 e. The van der Waals surface area contributed by atoms with Crippen molar-refractivity contribution in [1.29, 1.82) is 0 Å². The van der Waals surface area contributed by atoms with E-state index in [1.54, 1.807) is 0 Å². The molecule has 3 fully saturated rings. The van der Waals surface area contributed by atoms with Crippen molar-refractivity contribution in [1.82, 2.24) is 0 Å². The van der Waals surface area contributed by atoms with Crippen LogP contribution >= 0.6 is 0 Å². The Hall–Kier alpha value is -0.860. The molecule has 0 aromatic carbocycles. The molecule has 2 unspecified atom stereocenters. The summed E-state index contributed by atoms with van der Waals surface area (Å²) in [4.78, 5) is 22.4. The number of ether oxygens (including phenoxy) is 1. The number of cyclic esters (lactones) is 2. The second-order valence-corrected chi connectivity index (χ2v) is 4.12. The highest BCUT2D eigenvalue weighted by atomic mass is 16.6. The van der Waals surface area contributed by atoms with Crippen molar-refractivity contribution in [3.8, 4) is 0 Å². The van der Waals surface area contributed by atoms with E-state index >= 15 is 0 Å². The number of esters is 2. The summed E-state index contributed by atoms with van der Waals surface area (Å²) >= 11 is 0. The van der Waals surface area contributed by atoms with Crippen molar-refractivity contribution in [3.05, 3.63) is 0 Å². The first-order valence-electron chi connectivity index (χ1n) is 4.53. The minimum Gasteiger partial charge on any atom is -0.393 e. The van der Waals surface area contributed by atoms with Gasteiger partial charge in [-0.3, -0.25) is 9.59 Å². The maximum atomic E-state index is 11.2. The molecule has 0 spiro atoms. The van der Waals surface area contributed by atoms with E-state index in [9.17, 15) is 9.59 Å². The van der Waals surface area contributed by atoms with Gasteiger partial charge in [0.25, 0.3) is 0 Å². The van der Waals surface area contributed by atoms with Crippen LogP contribution in [-0.4, -0.2) is 11.9 Å². The number of hydrogen-bond donors (Lipinski definition) is 0. The minimum atomic E-state index is -0.253. The van der Waals surface area contributed by atoms with Crippen LogP contribution in [0.1, 0.15) is 19.3 Å². The first-order chi connectivity index (χ1) is 5.77. The van der Waals surface area contributed by atoms with Gasteiger partial charge in [0, 0.05) is 0 Å². The quantitative estimate of drug-likeness (QED) is 0.393. The van der Waals surface area contributed by atoms with E-state index in [-0.39, 0.29) is 23.8 Å². The summed E-state index contributed by atoms with van der Waals surface area (Å²) < 4.78 is 4.63. The van der Waals surface area contributed by atoms with Crippen LogP contribution in [0.4, 0.5) is 0 Å². The zero-order chi connectivity index (χ0) is 8.29. The molecule has 1 heterocycles. The highest BCUT2D eigenvalue weighted by Gasteiger charge is 2.59. The zero-order valence-electron chi connectivity index (χ0n) is 6.66. The fourth-order valence-corrected chi connectivity index (χ4v) is 3.20. The first-order valence-corrected chi connectivity index (χ1v) is 4.53. The van der Waals surface area contributed by atoms with E-state index < -0.39 is 0 Å². The molecule has 0 aromatic rings. The summed E-state index contributed by atoms with van der Waals surface area (Å²) in [5.41, 5.74) is 0. The van der Waals surface area contributed by atoms with E-state index in [4.69, 9.17) is 0 Å². The van der Waals surface area contributed by atoms with Crippen LogP contribution in [0, 0.1) is 23.7 Å². The van der Waals surface area contributed by atoms with Crippen LogP contribution in [0.2, 0.25) is 0 Å². The SMILES string of the molecule is O=C1OC(=O)C2C1[C@@H]1CC[C@H]2C1. The summed E-state index contributed by atoms with van der Waals surface area (Å²) in [6.45, 7) is 0. The molecule has 2 bridgehead atoms. The summed E-state index contributed by atoms with van der Waals surface area (Å²) in [5, 5.41) is 0. The molecule has 4 atom stereocenters. The molecule has 0 N–H and O–H groups in total. The van der Waals surface area contributed by atoms with Crippen LogP contribution in [0.25, 0.3) is 0 Å². The van der Waals surface area contributed by atoms with Gasteiger partial charge in [0.2, 0.25) is 0 Å². The van der Waals surface area contributed by atoms with Crippen LogP contribution in [0.5, 0.6) is 0 Å². The first kappa shape index (κ1) is 6.63. The van der Waals surface area contributed by atoms with Gasteiger partial charge >= 0.3 is 11.9 Å². The van der Waals surface area contributed by atoms with Gasteiger partial charge in [0.15, 0.2) is 0 Å². The smallest absolute Gasteiger partial charge is 0.317 e. The normalized spacial score (nSPS) is 49.7. The van der Waals surface area contributed by atoms with Crippen LogP contribution < -0.4 is 0 Å². The molecule has 3 aliphatic rings. The maximum Gasteiger partial charge on any atom is 0.317 e. The lowest BCUT2D eigenvalue weighted by atomic mass is 9.81. The van der Waals surface area contributed by atoms with Crippen LogP contribution in [0.3, 0.4) is 0 Å². The topological polar surface area (TPSA) is 43.4 Å². The third-order valence-electron chi connectivity index (χ3n) is 3.66. The summed E-state index contributed by atoms with van der Waals surface area (Å²) in [6.07, 6.45) is 3.32. The molecule has 2 saturated carbocycles. The highest BCUT2D eigenvalue weighted by Crippen LogP contribution is 2.55. The predicted octanol–water partition coefficient (Wildman–Crippen LogP) is 0.732.